The Kier molecular flexibility index (Phi) is 4.35. The van der Waals surface area contributed by atoms with Crippen LogP contribution in [0, 0.1) is 0 Å². The highest BCUT2D eigenvalue weighted by molar-refractivity contribution is 6.30. The van der Waals surface area contributed by atoms with Crippen LogP contribution in [0.1, 0.15) is 40.9 Å². The molecule has 5 heteroatoms. The van der Waals surface area contributed by atoms with Crippen molar-refractivity contribution in [3.63, 3.8) is 0 Å². The van der Waals surface area contributed by atoms with E-state index >= 15 is 0 Å². The number of fused-ring (bicyclic) bond motifs is 1. The summed E-state index contributed by atoms with van der Waals surface area (Å²) in [5.74, 6) is -0.193. The van der Waals surface area contributed by atoms with Gasteiger partial charge in [0.2, 0.25) is 5.91 Å². The first kappa shape index (κ1) is 15.6. The second-order valence-corrected chi connectivity index (χ2v) is 6.02. The van der Waals surface area contributed by atoms with Crippen molar-refractivity contribution >= 4 is 29.1 Å². The van der Waals surface area contributed by atoms with E-state index in [9.17, 15) is 9.59 Å². The largest absolute Gasteiger partial charge is 0.345 e. The maximum absolute atomic E-state index is 12.5. The zero-order valence-electron chi connectivity index (χ0n) is 12.7. The van der Waals surface area contributed by atoms with Crippen LogP contribution in [0.3, 0.4) is 0 Å². The summed E-state index contributed by atoms with van der Waals surface area (Å²) in [6.45, 7) is 2.01. The Bertz CT molecular complexity index is 773. The quantitative estimate of drug-likeness (QED) is 0.898. The first-order valence-corrected chi connectivity index (χ1v) is 7.93. The second kappa shape index (κ2) is 6.42. The fraction of sp³-hybridized carbons (Fsp3) is 0.222. The molecule has 0 saturated carbocycles. The highest BCUT2D eigenvalue weighted by atomic mass is 35.5. The van der Waals surface area contributed by atoms with Gasteiger partial charge < -0.3 is 10.6 Å². The predicted molar refractivity (Wildman–Crippen MR) is 90.7 cm³/mol. The van der Waals surface area contributed by atoms with Gasteiger partial charge in [-0.2, -0.15) is 0 Å². The van der Waals surface area contributed by atoms with Crippen LogP contribution in [0.15, 0.2) is 42.5 Å². The number of hydrogen-bond donors (Lipinski definition) is 2. The van der Waals surface area contributed by atoms with Gasteiger partial charge in [0.15, 0.2) is 0 Å². The van der Waals surface area contributed by atoms with Crippen LogP contribution in [0.4, 0.5) is 5.69 Å². The van der Waals surface area contributed by atoms with Crippen molar-refractivity contribution in [2.45, 2.75) is 25.8 Å². The van der Waals surface area contributed by atoms with Crippen LogP contribution >= 0.6 is 11.6 Å². The van der Waals surface area contributed by atoms with Gasteiger partial charge >= 0.3 is 0 Å². The molecule has 0 bridgehead atoms. The summed E-state index contributed by atoms with van der Waals surface area (Å²) in [4.78, 5) is 23.9. The Morgan fingerprint density at radius 1 is 1.30 bits per heavy atom. The summed E-state index contributed by atoms with van der Waals surface area (Å²) in [6, 6.07) is 12.7. The van der Waals surface area contributed by atoms with Gasteiger partial charge in [0.25, 0.3) is 5.91 Å². The van der Waals surface area contributed by atoms with E-state index in [1.54, 1.807) is 18.2 Å². The molecule has 1 aliphatic rings. The molecule has 1 heterocycles. The predicted octanol–water partition coefficient (Wildman–Crippen LogP) is 3.72. The number of nitrogens with one attached hydrogen (secondary N) is 2. The summed E-state index contributed by atoms with van der Waals surface area (Å²) in [5.41, 5.74) is 3.18. The minimum absolute atomic E-state index is 0.0390. The normalized spacial score (nSPS) is 14.1. The number of halogens is 1. The number of anilines is 1. The Balaban J connectivity index is 1.78. The molecule has 0 aliphatic carbocycles. The molecule has 0 spiro atoms. The van der Waals surface area contributed by atoms with Crippen LogP contribution in [0.2, 0.25) is 5.02 Å². The lowest BCUT2D eigenvalue weighted by Crippen LogP contribution is -2.28. The van der Waals surface area contributed by atoms with Crippen LogP contribution in [-0.2, 0) is 11.2 Å². The van der Waals surface area contributed by atoms with Gasteiger partial charge in [-0.25, -0.2) is 0 Å². The summed E-state index contributed by atoms with van der Waals surface area (Å²) >= 11 is 6.03. The molecule has 2 aromatic rings. The summed E-state index contributed by atoms with van der Waals surface area (Å²) in [5, 5.41) is 6.44. The van der Waals surface area contributed by atoms with Crippen molar-refractivity contribution in [2.75, 3.05) is 5.32 Å². The van der Waals surface area contributed by atoms with Gasteiger partial charge in [-0.3, -0.25) is 9.59 Å². The first-order valence-electron chi connectivity index (χ1n) is 7.56. The molecule has 4 nitrogen and oxygen atoms in total. The number of hydrogen-bond acceptors (Lipinski definition) is 2. The average molecular weight is 329 g/mol. The maximum Gasteiger partial charge on any atom is 0.251 e. The molecule has 0 radical (unpaired) electrons. The standard InChI is InChI=1S/C18H17ClN2O2/c1-2-15(11-4-3-5-14(19)9-11)21-18(23)12-6-7-16-13(8-12)10-17(22)20-16/h3-9,15H,2,10H2,1H3,(H,20,22)(H,21,23). The number of rotatable bonds is 4. The van der Waals surface area contributed by atoms with Crippen LogP contribution in [-0.4, -0.2) is 11.8 Å². The van der Waals surface area contributed by atoms with Crippen molar-refractivity contribution in [1.29, 1.82) is 0 Å². The van der Waals surface area contributed by atoms with Crippen molar-refractivity contribution in [2.24, 2.45) is 0 Å². The van der Waals surface area contributed by atoms with Gasteiger partial charge in [0.05, 0.1) is 12.5 Å². The van der Waals surface area contributed by atoms with Gasteiger partial charge in [-0.15, -0.1) is 0 Å². The number of amides is 2. The molecular weight excluding hydrogens is 312 g/mol. The van der Waals surface area contributed by atoms with E-state index in [1.807, 2.05) is 31.2 Å². The molecule has 118 valence electrons. The van der Waals surface area contributed by atoms with Crippen LogP contribution < -0.4 is 10.6 Å². The molecule has 0 fully saturated rings. The average Bonchev–Trinajstić information content (AvgIpc) is 2.91. The van der Waals surface area contributed by atoms with Crippen molar-refractivity contribution < 1.29 is 9.59 Å². The van der Waals surface area contributed by atoms with Gasteiger partial charge in [0.1, 0.15) is 0 Å². The van der Waals surface area contributed by atoms with E-state index in [0.717, 1.165) is 23.2 Å². The molecule has 1 aliphatic heterocycles. The van der Waals surface area contributed by atoms with E-state index in [-0.39, 0.29) is 17.9 Å². The smallest absolute Gasteiger partial charge is 0.251 e. The molecule has 23 heavy (non-hydrogen) atoms. The summed E-state index contributed by atoms with van der Waals surface area (Å²) in [6.07, 6.45) is 1.08. The Morgan fingerprint density at radius 2 is 2.13 bits per heavy atom. The SMILES string of the molecule is CCC(NC(=O)c1ccc2c(c1)CC(=O)N2)c1cccc(Cl)c1. The van der Waals surface area contributed by atoms with Crippen LogP contribution in [0.5, 0.6) is 0 Å². The lowest BCUT2D eigenvalue weighted by molar-refractivity contribution is -0.115. The molecule has 2 aromatic carbocycles. The summed E-state index contributed by atoms with van der Waals surface area (Å²) < 4.78 is 0. The van der Waals surface area contributed by atoms with E-state index in [0.29, 0.717) is 17.0 Å². The molecule has 0 saturated heterocycles. The van der Waals surface area contributed by atoms with E-state index < -0.39 is 0 Å². The minimum Gasteiger partial charge on any atom is -0.345 e. The molecule has 1 unspecified atom stereocenters. The first-order chi connectivity index (χ1) is 11.1. The maximum atomic E-state index is 12.5. The lowest BCUT2D eigenvalue weighted by atomic mass is 10.0. The zero-order valence-corrected chi connectivity index (χ0v) is 13.5. The minimum atomic E-state index is -0.154. The second-order valence-electron chi connectivity index (χ2n) is 5.59. The third kappa shape index (κ3) is 3.37. The number of benzene rings is 2. The number of carbonyl (C=O) groups excluding carboxylic acids is 2. The Labute approximate surface area is 139 Å². The number of carbonyl (C=O) groups is 2. The molecular formula is C18H17ClN2O2. The fourth-order valence-corrected chi connectivity index (χ4v) is 2.96. The highest BCUT2D eigenvalue weighted by Gasteiger charge is 2.20. The monoisotopic (exact) mass is 328 g/mol. The van der Waals surface area contributed by atoms with Crippen molar-refractivity contribution in [3.8, 4) is 0 Å². The van der Waals surface area contributed by atoms with Gasteiger partial charge in [0, 0.05) is 16.3 Å². The highest BCUT2D eigenvalue weighted by Crippen LogP contribution is 2.25. The van der Waals surface area contributed by atoms with Crippen molar-refractivity contribution in [1.82, 2.24) is 5.32 Å². The Hall–Kier alpha value is -2.33. The lowest BCUT2D eigenvalue weighted by Gasteiger charge is -2.18. The topological polar surface area (TPSA) is 58.2 Å². The Morgan fingerprint density at radius 3 is 2.87 bits per heavy atom. The van der Waals surface area contributed by atoms with E-state index in [2.05, 4.69) is 10.6 Å². The fourth-order valence-electron chi connectivity index (χ4n) is 2.76. The van der Waals surface area contributed by atoms with Crippen molar-refractivity contribution in [3.05, 3.63) is 64.2 Å². The molecule has 3 rings (SSSR count). The van der Waals surface area contributed by atoms with Crippen LogP contribution in [0.25, 0.3) is 0 Å². The summed E-state index contributed by atoms with van der Waals surface area (Å²) in [7, 11) is 0. The van der Waals surface area contributed by atoms with Gasteiger partial charge in [-0.05, 0) is 47.9 Å². The van der Waals surface area contributed by atoms with Gasteiger partial charge in [-0.1, -0.05) is 30.7 Å². The molecule has 2 N–H and O–H groups in total. The van der Waals surface area contributed by atoms with E-state index in [4.69, 9.17) is 11.6 Å². The molecule has 0 aromatic heterocycles. The van der Waals surface area contributed by atoms with E-state index in [1.165, 1.54) is 0 Å². The molecule has 1 atom stereocenters. The third-order valence-corrected chi connectivity index (χ3v) is 4.19. The third-order valence-electron chi connectivity index (χ3n) is 3.96. The molecule has 2 amide bonds. The zero-order chi connectivity index (χ0) is 16.4.